The third kappa shape index (κ3) is 4.89. The number of rotatable bonds is 6. The highest BCUT2D eigenvalue weighted by atomic mass is 32.1. The van der Waals surface area contributed by atoms with Gasteiger partial charge < -0.3 is 15.7 Å². The van der Waals surface area contributed by atoms with E-state index in [4.69, 9.17) is 0 Å². The first-order chi connectivity index (χ1) is 11.0. The lowest BCUT2D eigenvalue weighted by molar-refractivity contribution is -0.139. The van der Waals surface area contributed by atoms with E-state index in [1.807, 2.05) is 6.07 Å². The quantitative estimate of drug-likeness (QED) is 0.743. The van der Waals surface area contributed by atoms with Crippen LogP contribution in [0, 0.1) is 0 Å². The highest BCUT2D eigenvalue weighted by molar-refractivity contribution is 7.14. The minimum atomic E-state index is -1.13. The van der Waals surface area contributed by atoms with E-state index in [1.54, 1.807) is 24.3 Å². The molecule has 1 atom stereocenters. The van der Waals surface area contributed by atoms with Gasteiger partial charge in [0.1, 0.15) is 11.7 Å². The molecule has 1 aromatic carbocycles. The zero-order valence-electron chi connectivity index (χ0n) is 12.3. The molecule has 8 heteroatoms. The summed E-state index contributed by atoms with van der Waals surface area (Å²) in [6.07, 6.45) is 0.171. The van der Waals surface area contributed by atoms with E-state index in [9.17, 15) is 19.5 Å². The summed E-state index contributed by atoms with van der Waals surface area (Å²) >= 11 is 1.09. The maximum absolute atomic E-state index is 12.1. The van der Waals surface area contributed by atoms with Crippen LogP contribution in [0.1, 0.15) is 23.0 Å². The Hall–Kier alpha value is -2.74. The van der Waals surface area contributed by atoms with Crippen molar-refractivity contribution in [3.8, 4) is 0 Å². The number of hydrogen-bond donors (Lipinski definition) is 3. The first-order valence-corrected chi connectivity index (χ1v) is 7.64. The Kier molecular flexibility index (Phi) is 5.42. The summed E-state index contributed by atoms with van der Waals surface area (Å²) < 4.78 is 0. The minimum absolute atomic E-state index is 0.0676. The summed E-state index contributed by atoms with van der Waals surface area (Å²) in [5.74, 6) is -2.01. The number of thiazole rings is 1. The summed E-state index contributed by atoms with van der Waals surface area (Å²) in [5, 5.41) is 15.9. The number of aromatic nitrogens is 1. The van der Waals surface area contributed by atoms with Gasteiger partial charge in [-0.1, -0.05) is 30.3 Å². The van der Waals surface area contributed by atoms with Crippen molar-refractivity contribution in [1.29, 1.82) is 0 Å². The number of carboxylic acid groups (broad SMARTS) is 1. The Morgan fingerprint density at radius 3 is 2.57 bits per heavy atom. The molecule has 0 fully saturated rings. The fourth-order valence-corrected chi connectivity index (χ4v) is 2.60. The van der Waals surface area contributed by atoms with Crippen LogP contribution in [0.5, 0.6) is 0 Å². The Bertz CT molecular complexity index is 715. The number of nitrogens with one attached hydrogen (secondary N) is 2. The average Bonchev–Trinajstić information content (AvgIpc) is 2.95. The van der Waals surface area contributed by atoms with Gasteiger partial charge in [0.2, 0.25) is 5.91 Å². The number of nitrogens with zero attached hydrogens (tertiary/aromatic N) is 1. The third-order valence-electron chi connectivity index (χ3n) is 2.91. The van der Waals surface area contributed by atoms with Crippen LogP contribution in [0.2, 0.25) is 0 Å². The molecule has 2 amide bonds. The molecule has 0 aliphatic rings. The number of carbonyl (C=O) groups is 3. The van der Waals surface area contributed by atoms with Crippen molar-refractivity contribution in [2.45, 2.75) is 19.4 Å². The molecule has 3 N–H and O–H groups in total. The molecule has 0 aliphatic heterocycles. The van der Waals surface area contributed by atoms with E-state index in [-0.39, 0.29) is 23.2 Å². The Labute approximate surface area is 136 Å². The Balaban J connectivity index is 2.04. The van der Waals surface area contributed by atoms with E-state index in [2.05, 4.69) is 15.6 Å². The smallest absolute Gasteiger partial charge is 0.326 e. The zero-order chi connectivity index (χ0) is 16.8. The lowest BCUT2D eigenvalue weighted by Crippen LogP contribution is -2.42. The molecule has 23 heavy (non-hydrogen) atoms. The molecule has 0 saturated heterocycles. The second-order valence-electron chi connectivity index (χ2n) is 4.77. The van der Waals surface area contributed by atoms with E-state index < -0.39 is 17.9 Å². The predicted octanol–water partition coefficient (Wildman–Crippen LogP) is 1.53. The molecule has 2 rings (SSSR count). The summed E-state index contributed by atoms with van der Waals surface area (Å²) in [6, 6.07) is 7.96. The molecule has 0 bridgehead atoms. The Morgan fingerprint density at radius 1 is 1.26 bits per heavy atom. The summed E-state index contributed by atoms with van der Waals surface area (Å²) in [7, 11) is 0. The summed E-state index contributed by atoms with van der Waals surface area (Å²) in [5.41, 5.74) is 0.871. The van der Waals surface area contributed by atoms with Crippen molar-refractivity contribution >= 4 is 34.3 Å². The number of carbonyl (C=O) groups excluding carboxylic acids is 2. The second kappa shape index (κ2) is 7.50. The normalized spacial score (nSPS) is 11.5. The van der Waals surface area contributed by atoms with Gasteiger partial charge in [0.15, 0.2) is 5.13 Å². The standard InChI is InChI=1S/C15H15N3O4S/c1-9(19)16-15-18-12(8-23-15)13(20)17-11(14(21)22)7-10-5-3-2-4-6-10/h2-6,8,11H,7H2,1H3,(H,17,20)(H,21,22)(H,16,18,19). The van der Waals surface area contributed by atoms with Crippen LogP contribution in [0.25, 0.3) is 0 Å². The van der Waals surface area contributed by atoms with Gasteiger partial charge in [-0.25, -0.2) is 9.78 Å². The van der Waals surface area contributed by atoms with Crippen molar-refractivity contribution in [2.24, 2.45) is 0 Å². The van der Waals surface area contributed by atoms with E-state index in [0.717, 1.165) is 16.9 Å². The molecule has 120 valence electrons. The molecule has 7 nitrogen and oxygen atoms in total. The number of amides is 2. The number of benzene rings is 1. The van der Waals surface area contributed by atoms with Gasteiger partial charge in [-0.05, 0) is 5.56 Å². The molecule has 1 aromatic heterocycles. The third-order valence-corrected chi connectivity index (χ3v) is 3.66. The number of hydrogen-bond acceptors (Lipinski definition) is 5. The predicted molar refractivity (Wildman–Crippen MR) is 85.5 cm³/mol. The monoisotopic (exact) mass is 333 g/mol. The van der Waals surface area contributed by atoms with Gasteiger partial charge in [0, 0.05) is 18.7 Å². The molecule has 0 spiro atoms. The molecule has 1 heterocycles. The van der Waals surface area contributed by atoms with Crippen LogP contribution in [-0.4, -0.2) is 33.9 Å². The number of aliphatic carboxylic acids is 1. The molecule has 1 unspecified atom stereocenters. The molecule has 0 saturated carbocycles. The highest BCUT2D eigenvalue weighted by Crippen LogP contribution is 2.15. The first kappa shape index (κ1) is 16.6. The molecular weight excluding hydrogens is 318 g/mol. The second-order valence-corrected chi connectivity index (χ2v) is 5.63. The maximum atomic E-state index is 12.1. The van der Waals surface area contributed by atoms with Crippen molar-refractivity contribution in [1.82, 2.24) is 10.3 Å². The van der Waals surface area contributed by atoms with E-state index in [0.29, 0.717) is 0 Å². The minimum Gasteiger partial charge on any atom is -0.480 e. The summed E-state index contributed by atoms with van der Waals surface area (Å²) in [6.45, 7) is 1.33. The SMILES string of the molecule is CC(=O)Nc1nc(C(=O)NC(Cc2ccccc2)C(=O)O)cs1. The van der Waals surface area contributed by atoms with Crippen LogP contribution >= 0.6 is 11.3 Å². The van der Waals surface area contributed by atoms with E-state index in [1.165, 1.54) is 12.3 Å². The molecule has 0 aliphatic carbocycles. The van der Waals surface area contributed by atoms with Crippen molar-refractivity contribution in [3.05, 3.63) is 47.0 Å². The van der Waals surface area contributed by atoms with Gasteiger partial charge in [-0.2, -0.15) is 0 Å². The number of carboxylic acids is 1. The van der Waals surface area contributed by atoms with Gasteiger partial charge >= 0.3 is 5.97 Å². The molecule has 2 aromatic rings. The topological polar surface area (TPSA) is 108 Å². The first-order valence-electron chi connectivity index (χ1n) is 6.76. The van der Waals surface area contributed by atoms with E-state index >= 15 is 0 Å². The maximum Gasteiger partial charge on any atom is 0.326 e. The van der Waals surface area contributed by atoms with Gasteiger partial charge in [0.05, 0.1) is 0 Å². The lowest BCUT2D eigenvalue weighted by Gasteiger charge is -2.13. The van der Waals surface area contributed by atoms with Crippen LogP contribution in [0.3, 0.4) is 0 Å². The zero-order valence-corrected chi connectivity index (χ0v) is 13.1. The van der Waals surface area contributed by atoms with Crippen LogP contribution in [0.15, 0.2) is 35.7 Å². The largest absolute Gasteiger partial charge is 0.480 e. The fraction of sp³-hybridized carbons (Fsp3) is 0.200. The van der Waals surface area contributed by atoms with Crippen LogP contribution in [-0.2, 0) is 16.0 Å². The van der Waals surface area contributed by atoms with Crippen LogP contribution < -0.4 is 10.6 Å². The Morgan fingerprint density at radius 2 is 1.96 bits per heavy atom. The number of anilines is 1. The van der Waals surface area contributed by atoms with Crippen molar-refractivity contribution in [2.75, 3.05) is 5.32 Å². The van der Waals surface area contributed by atoms with Gasteiger partial charge in [-0.3, -0.25) is 9.59 Å². The lowest BCUT2D eigenvalue weighted by atomic mass is 10.1. The molecular formula is C15H15N3O4S. The average molecular weight is 333 g/mol. The fourth-order valence-electron chi connectivity index (χ4n) is 1.87. The highest BCUT2D eigenvalue weighted by Gasteiger charge is 2.22. The van der Waals surface area contributed by atoms with Gasteiger partial charge in [0.25, 0.3) is 5.91 Å². The molecule has 0 radical (unpaired) electrons. The van der Waals surface area contributed by atoms with Crippen molar-refractivity contribution < 1.29 is 19.5 Å². The van der Waals surface area contributed by atoms with Crippen molar-refractivity contribution in [3.63, 3.8) is 0 Å². The summed E-state index contributed by atoms with van der Waals surface area (Å²) in [4.78, 5) is 38.3. The van der Waals surface area contributed by atoms with Crippen LogP contribution in [0.4, 0.5) is 5.13 Å². The van der Waals surface area contributed by atoms with Gasteiger partial charge in [-0.15, -0.1) is 11.3 Å².